The predicted molar refractivity (Wildman–Crippen MR) is 139 cm³/mol. The van der Waals surface area contributed by atoms with Crippen LogP contribution in [-0.4, -0.2) is 86.2 Å². The fourth-order valence-electron chi connectivity index (χ4n) is 3.48. The second kappa shape index (κ2) is 15.0. The fourth-order valence-corrected chi connectivity index (χ4v) is 3.95. The van der Waals surface area contributed by atoms with Crippen LogP contribution in [0.2, 0.25) is 0 Å². The first kappa shape index (κ1) is 29.8. The highest BCUT2D eigenvalue weighted by molar-refractivity contribution is 7.98. The van der Waals surface area contributed by atoms with Gasteiger partial charge in [0, 0.05) is 18.3 Å². The molecule has 2 rings (SSSR count). The van der Waals surface area contributed by atoms with Crippen molar-refractivity contribution in [1.82, 2.24) is 25.9 Å². The van der Waals surface area contributed by atoms with Gasteiger partial charge in [-0.15, -0.1) is 0 Å². The van der Waals surface area contributed by atoms with Crippen LogP contribution in [-0.2, 0) is 32.0 Å². The van der Waals surface area contributed by atoms with Crippen molar-refractivity contribution in [3.8, 4) is 0 Å². The minimum absolute atomic E-state index is 0.0761. The van der Waals surface area contributed by atoms with Gasteiger partial charge in [-0.1, -0.05) is 30.3 Å². The first-order chi connectivity index (χ1) is 17.6. The van der Waals surface area contributed by atoms with Gasteiger partial charge in [-0.2, -0.15) is 11.8 Å². The van der Waals surface area contributed by atoms with E-state index in [1.165, 1.54) is 31.2 Å². The van der Waals surface area contributed by atoms with Crippen LogP contribution in [0.4, 0.5) is 0 Å². The van der Waals surface area contributed by atoms with Crippen molar-refractivity contribution in [3.05, 3.63) is 54.1 Å². The third-order valence-electron chi connectivity index (χ3n) is 5.53. The molecule has 0 saturated heterocycles. The average molecular weight is 535 g/mol. The van der Waals surface area contributed by atoms with Crippen LogP contribution < -0.4 is 21.7 Å². The highest BCUT2D eigenvalue weighted by Gasteiger charge is 2.32. The quantitative estimate of drug-likeness (QED) is 0.153. The van der Waals surface area contributed by atoms with Crippen molar-refractivity contribution >= 4 is 35.5 Å². The number of aliphatic carboxylic acids is 1. The van der Waals surface area contributed by atoms with Crippen LogP contribution in [0, 0.1) is 0 Å². The van der Waals surface area contributed by atoms with Crippen molar-refractivity contribution in [3.63, 3.8) is 0 Å². The average Bonchev–Trinajstić information content (AvgIpc) is 3.37. The number of aromatic amines is 1. The fraction of sp³-hybridized carbons (Fsp3) is 0.458. The zero-order valence-electron chi connectivity index (χ0n) is 20.7. The molecule has 3 amide bonds. The maximum Gasteiger partial charge on any atom is 0.326 e. The molecule has 1 heterocycles. The lowest BCUT2D eigenvalue weighted by Crippen LogP contribution is -2.60. The molecule has 1 aromatic heterocycles. The first-order valence-corrected chi connectivity index (χ1v) is 13.1. The standard InChI is InChI=1S/C24H34N6O6S/c1-14(31)20(23(34)29-19(24(35)36)11-16-12-26-13-27-16)30-22(33)18(8-9-37-2)28-21(32)17(25)10-15-6-4-3-5-7-15/h3-7,12-14,17-20,31H,8-11,25H2,1-2H3,(H,26,27)(H,28,32)(H,29,34)(H,30,33)(H,35,36). The second-order valence-electron chi connectivity index (χ2n) is 8.55. The zero-order chi connectivity index (χ0) is 27.4. The van der Waals surface area contributed by atoms with E-state index in [1.54, 1.807) is 0 Å². The largest absolute Gasteiger partial charge is 0.480 e. The Bertz CT molecular complexity index is 1020. The number of hydrogen-bond acceptors (Lipinski definition) is 8. The number of carbonyl (C=O) groups is 4. The molecule has 2 aromatic rings. The predicted octanol–water partition coefficient (Wildman–Crippen LogP) is -0.805. The Kier molecular flexibility index (Phi) is 12.1. The number of nitrogens with zero attached hydrogens (tertiary/aromatic N) is 1. The van der Waals surface area contributed by atoms with Gasteiger partial charge in [-0.05, 0) is 37.3 Å². The molecule has 0 fully saturated rings. The molecule has 0 aliphatic rings. The van der Waals surface area contributed by atoms with Crippen molar-refractivity contribution in [2.24, 2.45) is 5.73 Å². The maximum atomic E-state index is 13.1. The lowest BCUT2D eigenvalue weighted by atomic mass is 10.0. The van der Waals surface area contributed by atoms with Crippen molar-refractivity contribution in [2.45, 2.75) is 56.5 Å². The molecule has 202 valence electrons. The van der Waals surface area contributed by atoms with Gasteiger partial charge in [0.15, 0.2) is 0 Å². The number of carboxylic acid groups (broad SMARTS) is 1. The molecule has 8 N–H and O–H groups in total. The number of H-pyrrole nitrogens is 1. The Hall–Kier alpha value is -3.42. The van der Waals surface area contributed by atoms with E-state index in [2.05, 4.69) is 25.9 Å². The number of aliphatic hydroxyl groups is 1. The van der Waals surface area contributed by atoms with E-state index in [0.717, 1.165) is 5.56 Å². The molecule has 0 radical (unpaired) electrons. The van der Waals surface area contributed by atoms with E-state index in [9.17, 15) is 29.4 Å². The summed E-state index contributed by atoms with van der Waals surface area (Å²) in [6.07, 6.45) is 3.75. The zero-order valence-corrected chi connectivity index (χ0v) is 21.5. The highest BCUT2D eigenvalue weighted by Crippen LogP contribution is 2.07. The van der Waals surface area contributed by atoms with Gasteiger partial charge >= 0.3 is 5.97 Å². The van der Waals surface area contributed by atoms with E-state index in [4.69, 9.17) is 5.73 Å². The molecule has 1 aromatic carbocycles. The van der Waals surface area contributed by atoms with Crippen LogP contribution in [0.1, 0.15) is 24.6 Å². The molecule has 0 bridgehead atoms. The van der Waals surface area contributed by atoms with Gasteiger partial charge in [-0.25, -0.2) is 9.78 Å². The number of aliphatic hydroxyl groups excluding tert-OH is 1. The molecule has 0 spiro atoms. The van der Waals surface area contributed by atoms with E-state index in [-0.39, 0.29) is 19.3 Å². The van der Waals surface area contributed by atoms with Crippen molar-refractivity contribution in [1.29, 1.82) is 0 Å². The van der Waals surface area contributed by atoms with E-state index in [1.807, 2.05) is 36.6 Å². The lowest BCUT2D eigenvalue weighted by molar-refractivity contribution is -0.143. The second-order valence-corrected chi connectivity index (χ2v) is 9.53. The summed E-state index contributed by atoms with van der Waals surface area (Å²) in [4.78, 5) is 56.9. The van der Waals surface area contributed by atoms with Gasteiger partial charge in [0.25, 0.3) is 0 Å². The van der Waals surface area contributed by atoms with Gasteiger partial charge < -0.3 is 36.9 Å². The number of nitrogens with two attached hydrogens (primary N) is 1. The number of carboxylic acids is 1. The number of nitrogens with one attached hydrogen (secondary N) is 4. The Balaban J connectivity index is 2.06. The van der Waals surface area contributed by atoms with Gasteiger partial charge in [0.2, 0.25) is 17.7 Å². The van der Waals surface area contributed by atoms with Crippen molar-refractivity contribution in [2.75, 3.05) is 12.0 Å². The third-order valence-corrected chi connectivity index (χ3v) is 6.18. The Labute approximate surface area is 219 Å². The number of hydrogen-bond donors (Lipinski definition) is 7. The molecule has 13 heteroatoms. The monoisotopic (exact) mass is 534 g/mol. The molecule has 5 unspecified atom stereocenters. The van der Waals surface area contributed by atoms with Crippen LogP contribution >= 0.6 is 11.8 Å². The van der Waals surface area contributed by atoms with Gasteiger partial charge in [0.1, 0.15) is 18.1 Å². The SMILES string of the molecule is CSCCC(NC(=O)C(N)Cc1ccccc1)C(=O)NC(C(=O)NC(Cc1cnc[nH]1)C(=O)O)C(C)O. The van der Waals surface area contributed by atoms with E-state index < -0.39 is 54.0 Å². The molecule has 0 aliphatic carbocycles. The van der Waals surface area contributed by atoms with Gasteiger partial charge in [0.05, 0.1) is 18.5 Å². The Morgan fingerprint density at radius 1 is 1.03 bits per heavy atom. The number of aromatic nitrogens is 2. The highest BCUT2D eigenvalue weighted by atomic mass is 32.2. The third kappa shape index (κ3) is 9.86. The number of amides is 3. The number of carbonyl (C=O) groups excluding carboxylic acids is 3. The normalized spacial score (nSPS) is 15.0. The summed E-state index contributed by atoms with van der Waals surface area (Å²) in [6.45, 7) is 1.29. The number of imidazole rings is 1. The summed E-state index contributed by atoms with van der Waals surface area (Å²) in [6, 6.07) is 4.50. The minimum atomic E-state index is -1.46. The molecule has 5 atom stereocenters. The topological polar surface area (TPSA) is 200 Å². The summed E-state index contributed by atoms with van der Waals surface area (Å²) in [5.41, 5.74) is 7.40. The number of benzene rings is 1. The van der Waals surface area contributed by atoms with E-state index in [0.29, 0.717) is 11.4 Å². The summed E-state index contributed by atoms with van der Waals surface area (Å²) in [7, 11) is 0. The minimum Gasteiger partial charge on any atom is -0.480 e. The van der Waals surface area contributed by atoms with Crippen LogP contribution in [0.15, 0.2) is 42.9 Å². The van der Waals surface area contributed by atoms with E-state index >= 15 is 0 Å². The molecule has 0 aliphatic heterocycles. The molecule has 12 nitrogen and oxygen atoms in total. The summed E-state index contributed by atoms with van der Waals surface area (Å²) >= 11 is 1.47. The summed E-state index contributed by atoms with van der Waals surface area (Å²) in [5, 5.41) is 27.1. The molecule has 0 saturated carbocycles. The van der Waals surface area contributed by atoms with Crippen LogP contribution in [0.5, 0.6) is 0 Å². The van der Waals surface area contributed by atoms with Crippen LogP contribution in [0.25, 0.3) is 0 Å². The summed E-state index contributed by atoms with van der Waals surface area (Å²) < 4.78 is 0. The molecule has 37 heavy (non-hydrogen) atoms. The van der Waals surface area contributed by atoms with Crippen LogP contribution in [0.3, 0.4) is 0 Å². The Morgan fingerprint density at radius 2 is 1.70 bits per heavy atom. The summed E-state index contributed by atoms with van der Waals surface area (Å²) in [5.74, 6) is -2.88. The molecular weight excluding hydrogens is 500 g/mol. The Morgan fingerprint density at radius 3 is 2.27 bits per heavy atom. The lowest BCUT2D eigenvalue weighted by Gasteiger charge is -2.26. The maximum absolute atomic E-state index is 13.1. The smallest absolute Gasteiger partial charge is 0.326 e. The number of rotatable bonds is 15. The first-order valence-electron chi connectivity index (χ1n) is 11.7. The molecular formula is C24H34N6O6S. The van der Waals surface area contributed by atoms with Crippen molar-refractivity contribution < 1.29 is 29.4 Å². The van der Waals surface area contributed by atoms with Gasteiger partial charge in [-0.3, -0.25) is 14.4 Å². The number of thioether (sulfide) groups is 1.